The van der Waals surface area contributed by atoms with E-state index in [4.69, 9.17) is 11.6 Å². The number of aromatic amines is 1. The molecule has 154 valence electrons. The zero-order chi connectivity index (χ0) is 21.4. The van der Waals surface area contributed by atoms with Crippen molar-refractivity contribution in [2.24, 2.45) is 0 Å². The number of alkyl halides is 1. The van der Waals surface area contributed by atoms with Gasteiger partial charge in [-0.25, -0.2) is 8.42 Å². The van der Waals surface area contributed by atoms with Crippen molar-refractivity contribution in [2.45, 2.75) is 17.7 Å². The summed E-state index contributed by atoms with van der Waals surface area (Å²) in [5, 5.41) is 0. The minimum absolute atomic E-state index is 0.141. The Hall–Kier alpha value is -2.83. The lowest BCUT2D eigenvalue weighted by atomic mass is 9.97. The van der Waals surface area contributed by atoms with Crippen LogP contribution >= 0.6 is 11.6 Å². The summed E-state index contributed by atoms with van der Waals surface area (Å²) in [6.07, 6.45) is 8.47. The van der Waals surface area contributed by atoms with Crippen molar-refractivity contribution in [3.63, 3.8) is 0 Å². The average molecular weight is 441 g/mol. The van der Waals surface area contributed by atoms with Gasteiger partial charge in [-0.05, 0) is 77.6 Å². The van der Waals surface area contributed by atoms with Gasteiger partial charge >= 0.3 is 0 Å². The maximum Gasteiger partial charge on any atom is 0.255 e. The lowest BCUT2D eigenvalue weighted by Crippen LogP contribution is -2.09. The van der Waals surface area contributed by atoms with Crippen LogP contribution in [0.4, 0.5) is 5.69 Å². The number of hydrogen-bond donors (Lipinski definition) is 2. The second-order valence-electron chi connectivity index (χ2n) is 7.55. The second kappa shape index (κ2) is 7.78. The molecule has 3 aromatic rings. The molecule has 0 spiro atoms. The van der Waals surface area contributed by atoms with Crippen molar-refractivity contribution in [1.29, 1.82) is 0 Å². The number of H-pyrrole nitrogens is 1. The maximum absolute atomic E-state index is 12.3. The van der Waals surface area contributed by atoms with E-state index in [2.05, 4.69) is 15.8 Å². The molecular weight excluding hydrogens is 420 g/mol. The van der Waals surface area contributed by atoms with E-state index in [1.807, 2.05) is 36.4 Å². The molecule has 5 nitrogen and oxygen atoms in total. The molecule has 4 rings (SSSR count). The summed E-state index contributed by atoms with van der Waals surface area (Å²) in [4.78, 5) is 14.6. The summed E-state index contributed by atoms with van der Waals surface area (Å²) in [5.74, 6) is 0. The van der Waals surface area contributed by atoms with E-state index in [1.54, 1.807) is 30.5 Å². The van der Waals surface area contributed by atoms with Crippen molar-refractivity contribution in [2.75, 3.05) is 11.0 Å². The third-order valence-corrected chi connectivity index (χ3v) is 6.18. The number of pyridine rings is 1. The van der Waals surface area contributed by atoms with Crippen LogP contribution in [0.1, 0.15) is 29.5 Å². The van der Waals surface area contributed by atoms with Crippen LogP contribution in [0.25, 0.3) is 23.3 Å². The Kier molecular flexibility index (Phi) is 5.30. The normalized spacial score (nSPS) is 15.3. The molecule has 1 heterocycles. The zero-order valence-electron chi connectivity index (χ0n) is 16.4. The molecule has 1 saturated carbocycles. The lowest BCUT2D eigenvalue weighted by Gasteiger charge is -2.11. The molecular formula is C23H21ClN2O3S. The van der Waals surface area contributed by atoms with E-state index >= 15 is 0 Å². The first-order valence-corrected chi connectivity index (χ1v) is 11.8. The fraction of sp³-hybridized carbons (Fsp3) is 0.174. The molecule has 1 aliphatic carbocycles. The Bertz CT molecular complexity index is 1270. The van der Waals surface area contributed by atoms with E-state index < -0.39 is 10.0 Å². The highest BCUT2D eigenvalue weighted by atomic mass is 35.5. The van der Waals surface area contributed by atoms with Gasteiger partial charge in [-0.1, -0.05) is 24.3 Å². The summed E-state index contributed by atoms with van der Waals surface area (Å²) < 4.78 is 25.1. The predicted octanol–water partition coefficient (Wildman–Crippen LogP) is 4.81. The van der Waals surface area contributed by atoms with Gasteiger partial charge in [-0.2, -0.15) is 0 Å². The molecule has 7 heteroatoms. The van der Waals surface area contributed by atoms with E-state index in [1.165, 1.54) is 0 Å². The van der Waals surface area contributed by atoms with E-state index in [0.29, 0.717) is 11.3 Å². The summed E-state index contributed by atoms with van der Waals surface area (Å²) in [6.45, 7) is 0. The number of hydrogen-bond acceptors (Lipinski definition) is 3. The van der Waals surface area contributed by atoms with Gasteiger partial charge in [-0.15, -0.1) is 11.6 Å². The van der Waals surface area contributed by atoms with Crippen LogP contribution in [0, 0.1) is 0 Å². The zero-order valence-corrected chi connectivity index (χ0v) is 17.9. The van der Waals surface area contributed by atoms with Gasteiger partial charge in [-0.3, -0.25) is 9.52 Å². The van der Waals surface area contributed by atoms with E-state index in [0.717, 1.165) is 41.4 Å². The minimum atomic E-state index is -3.30. The topological polar surface area (TPSA) is 79.0 Å². The van der Waals surface area contributed by atoms with Gasteiger partial charge in [0.15, 0.2) is 0 Å². The lowest BCUT2D eigenvalue weighted by molar-refractivity contribution is 0.607. The molecule has 1 aromatic heterocycles. The van der Waals surface area contributed by atoms with Crippen LogP contribution in [0.5, 0.6) is 0 Å². The summed E-state index contributed by atoms with van der Waals surface area (Å²) >= 11 is 6.66. The molecule has 0 saturated heterocycles. The monoisotopic (exact) mass is 440 g/mol. The smallest absolute Gasteiger partial charge is 0.255 e. The van der Waals surface area contributed by atoms with Gasteiger partial charge < -0.3 is 4.98 Å². The Morgan fingerprint density at radius 1 is 1.03 bits per heavy atom. The van der Waals surface area contributed by atoms with Gasteiger partial charge in [0.05, 0.1) is 11.1 Å². The third-order valence-electron chi connectivity index (χ3n) is 4.97. The van der Waals surface area contributed by atoms with Crippen LogP contribution in [0.2, 0.25) is 0 Å². The number of rotatable bonds is 6. The average Bonchev–Trinajstić information content (AvgIpc) is 3.45. The van der Waals surface area contributed by atoms with Crippen molar-refractivity contribution < 1.29 is 8.42 Å². The molecule has 0 amide bonds. The molecule has 0 bridgehead atoms. The Morgan fingerprint density at radius 3 is 2.37 bits per heavy atom. The SMILES string of the molecule is CS(=O)(=O)Nc1ccc(/C=C/c2cc(-c3ccc[nH]c3=O)cc(C3(Cl)CC3)c2)cc1. The number of nitrogens with one attached hydrogen (secondary N) is 2. The van der Waals surface area contributed by atoms with Gasteiger partial charge in [0.1, 0.15) is 0 Å². The molecule has 2 aromatic carbocycles. The molecule has 0 atom stereocenters. The van der Waals surface area contributed by atoms with Crippen LogP contribution in [0.15, 0.2) is 65.6 Å². The number of aromatic nitrogens is 1. The van der Waals surface area contributed by atoms with E-state index in [-0.39, 0.29) is 10.4 Å². The number of sulfonamides is 1. The molecule has 0 unspecified atom stereocenters. The van der Waals surface area contributed by atoms with Crippen LogP contribution in [-0.2, 0) is 14.9 Å². The predicted molar refractivity (Wildman–Crippen MR) is 123 cm³/mol. The van der Waals surface area contributed by atoms with E-state index in [9.17, 15) is 13.2 Å². The molecule has 2 N–H and O–H groups in total. The number of benzene rings is 2. The van der Waals surface area contributed by atoms with Crippen molar-refractivity contribution in [3.05, 3.63) is 87.8 Å². The molecule has 0 aliphatic heterocycles. The summed E-state index contributed by atoms with van der Waals surface area (Å²) in [5.41, 5.74) is 4.68. The molecule has 1 aliphatic rings. The Labute approximate surface area is 180 Å². The van der Waals surface area contributed by atoms with Crippen LogP contribution in [-0.4, -0.2) is 19.7 Å². The Balaban J connectivity index is 1.66. The maximum atomic E-state index is 12.3. The van der Waals surface area contributed by atoms with Crippen molar-refractivity contribution in [3.8, 4) is 11.1 Å². The van der Waals surface area contributed by atoms with Crippen molar-refractivity contribution >= 4 is 39.5 Å². The number of halogens is 1. The highest BCUT2D eigenvalue weighted by molar-refractivity contribution is 7.92. The number of anilines is 1. The van der Waals surface area contributed by atoms with Crippen molar-refractivity contribution in [1.82, 2.24) is 4.98 Å². The second-order valence-corrected chi connectivity index (χ2v) is 10.0. The highest BCUT2D eigenvalue weighted by Gasteiger charge is 2.42. The molecule has 0 radical (unpaired) electrons. The largest absolute Gasteiger partial charge is 0.329 e. The summed E-state index contributed by atoms with van der Waals surface area (Å²) in [6, 6.07) is 16.7. The van der Waals surface area contributed by atoms with Gasteiger partial charge in [0.25, 0.3) is 5.56 Å². The fourth-order valence-corrected chi connectivity index (χ4v) is 4.05. The minimum Gasteiger partial charge on any atom is -0.329 e. The van der Waals surface area contributed by atoms with Crippen LogP contribution in [0.3, 0.4) is 0 Å². The summed E-state index contributed by atoms with van der Waals surface area (Å²) in [7, 11) is -3.30. The highest BCUT2D eigenvalue weighted by Crippen LogP contribution is 2.52. The van der Waals surface area contributed by atoms with Gasteiger partial charge in [0, 0.05) is 17.4 Å². The fourth-order valence-electron chi connectivity index (χ4n) is 3.28. The molecule has 30 heavy (non-hydrogen) atoms. The quantitative estimate of drug-likeness (QED) is 0.426. The standard InChI is InChI=1S/C23H21ClN2O3S/c1-30(28,29)26-20-8-6-16(7-9-20)4-5-17-13-18(21-3-2-12-25-22(21)27)15-19(14-17)23(24)10-11-23/h2-9,12-15,26H,10-11H2,1H3,(H,25,27)/b5-4+. The van der Waals surface area contributed by atoms with Gasteiger partial charge in [0.2, 0.25) is 10.0 Å². The Morgan fingerprint density at radius 2 is 1.73 bits per heavy atom. The van der Waals surface area contributed by atoms with Crippen LogP contribution < -0.4 is 10.3 Å². The first-order valence-electron chi connectivity index (χ1n) is 9.50. The first kappa shape index (κ1) is 20.4. The third kappa shape index (κ3) is 4.83. The molecule has 1 fully saturated rings. The first-order chi connectivity index (χ1) is 14.2.